The molecule has 0 bridgehead atoms. The lowest BCUT2D eigenvalue weighted by atomic mass is 10.00. The van der Waals surface area contributed by atoms with Gasteiger partial charge in [-0.3, -0.25) is 37.3 Å². The highest BCUT2D eigenvalue weighted by molar-refractivity contribution is 7.47. The molecule has 0 aromatic rings. The first-order valence-electron chi connectivity index (χ1n) is 40.7. The van der Waals surface area contributed by atoms with Crippen LogP contribution in [-0.4, -0.2) is 96.7 Å². The van der Waals surface area contributed by atoms with E-state index in [1.807, 2.05) is 0 Å². The molecule has 3 N–H and O–H groups in total. The fourth-order valence-electron chi connectivity index (χ4n) is 12.0. The number of carbonyl (C=O) groups is 4. The van der Waals surface area contributed by atoms with Crippen LogP contribution in [0.25, 0.3) is 0 Å². The van der Waals surface area contributed by atoms with Crippen molar-refractivity contribution in [2.75, 3.05) is 39.6 Å². The van der Waals surface area contributed by atoms with E-state index >= 15 is 0 Å². The molecule has 0 rings (SSSR count). The molecule has 19 heteroatoms. The summed E-state index contributed by atoms with van der Waals surface area (Å²) in [4.78, 5) is 72.9. The fourth-order valence-corrected chi connectivity index (χ4v) is 13.6. The van der Waals surface area contributed by atoms with Crippen LogP contribution in [0, 0.1) is 23.7 Å². The zero-order valence-corrected chi connectivity index (χ0v) is 66.2. The van der Waals surface area contributed by atoms with Gasteiger partial charge in [-0.2, -0.15) is 0 Å². The number of ether oxygens (including phenoxy) is 4. The standard InChI is InChI=1S/C79H154O17P2/c1-9-72(8)58-50-42-37-38-44-52-60-77(82)90-66-75(96-79(84)62-54-46-36-29-23-19-15-14-17-21-26-32-40-48-56-70(4)5)68-94-98(87,88)92-64-73(80)63-91-97(85,86)93-67-74(65-89-76(81)59-51-43-34-30-24-27-33-41-49-57-71(6)7)95-78(83)61-53-45-35-28-22-18-13-11-10-12-16-20-25-31-39-47-55-69(2)3/h69-75,80H,9-68H2,1-8H3,(H,85,86)(H,87,88)/t72?,73-,74-,75-/m1/s1. The predicted octanol–water partition coefficient (Wildman–Crippen LogP) is 23.2. The van der Waals surface area contributed by atoms with Gasteiger partial charge in [-0.15, -0.1) is 0 Å². The average Bonchev–Trinajstić information content (AvgIpc) is 0.981. The molecule has 0 spiro atoms. The van der Waals surface area contributed by atoms with E-state index in [1.165, 1.54) is 199 Å². The van der Waals surface area contributed by atoms with Crippen molar-refractivity contribution < 1.29 is 80.2 Å². The van der Waals surface area contributed by atoms with Crippen LogP contribution in [0.5, 0.6) is 0 Å². The summed E-state index contributed by atoms with van der Waals surface area (Å²) in [7, 11) is -9.92. The molecule has 6 atom stereocenters. The van der Waals surface area contributed by atoms with Crippen LogP contribution in [0.4, 0.5) is 0 Å². The van der Waals surface area contributed by atoms with E-state index in [2.05, 4.69) is 55.4 Å². The van der Waals surface area contributed by atoms with Crippen molar-refractivity contribution in [3.05, 3.63) is 0 Å². The Morgan fingerprint density at radius 3 is 0.724 bits per heavy atom. The summed E-state index contributed by atoms with van der Waals surface area (Å²) in [5.41, 5.74) is 0. The lowest BCUT2D eigenvalue weighted by molar-refractivity contribution is -0.161. The summed E-state index contributed by atoms with van der Waals surface area (Å²) >= 11 is 0. The number of unbranched alkanes of at least 4 members (excludes halogenated alkanes) is 41. The molecule has 0 aliphatic carbocycles. The maximum Gasteiger partial charge on any atom is 0.472 e. The quantitative estimate of drug-likeness (QED) is 0.0222. The normalized spacial score (nSPS) is 14.3. The molecule has 17 nitrogen and oxygen atoms in total. The Morgan fingerprint density at radius 1 is 0.286 bits per heavy atom. The lowest BCUT2D eigenvalue weighted by Gasteiger charge is -2.21. The van der Waals surface area contributed by atoms with Gasteiger partial charge in [-0.05, 0) is 49.4 Å². The molecular formula is C79H154O17P2. The summed E-state index contributed by atoms with van der Waals surface area (Å²) in [5, 5.41) is 10.6. The molecule has 0 aliphatic rings. The van der Waals surface area contributed by atoms with Gasteiger partial charge >= 0.3 is 39.5 Å². The van der Waals surface area contributed by atoms with Crippen molar-refractivity contribution >= 4 is 39.5 Å². The van der Waals surface area contributed by atoms with Crippen molar-refractivity contribution in [3.63, 3.8) is 0 Å². The van der Waals surface area contributed by atoms with Gasteiger partial charge in [-0.1, -0.05) is 351 Å². The average molecular weight is 1440 g/mol. The maximum absolute atomic E-state index is 13.1. The SMILES string of the molecule is CCC(C)CCCCCCCCC(=O)OC[C@H](COP(=O)(O)OC[C@H](O)COP(=O)(O)OC[C@@H](COC(=O)CCCCCCCCCCCC(C)C)OC(=O)CCCCCCCCCCCCCCCCCCC(C)C)OC(=O)CCCCCCCCCCCCCCCCC(C)C. The molecule has 0 aromatic heterocycles. The molecule has 0 heterocycles. The second-order valence-electron chi connectivity index (χ2n) is 30.1. The first kappa shape index (κ1) is 96.1. The van der Waals surface area contributed by atoms with E-state index in [4.69, 9.17) is 37.0 Å². The van der Waals surface area contributed by atoms with E-state index in [0.717, 1.165) is 120 Å². The minimum Gasteiger partial charge on any atom is -0.462 e. The van der Waals surface area contributed by atoms with Crippen molar-refractivity contribution in [1.29, 1.82) is 0 Å². The number of hydrogen-bond acceptors (Lipinski definition) is 15. The molecule has 0 aromatic carbocycles. The van der Waals surface area contributed by atoms with E-state index in [1.54, 1.807) is 0 Å². The summed E-state index contributed by atoms with van der Waals surface area (Å²) in [6.07, 6.45) is 54.2. The highest BCUT2D eigenvalue weighted by Crippen LogP contribution is 2.45. The van der Waals surface area contributed by atoms with Crippen LogP contribution < -0.4 is 0 Å². The van der Waals surface area contributed by atoms with Crippen molar-refractivity contribution in [1.82, 2.24) is 0 Å². The van der Waals surface area contributed by atoms with Gasteiger partial charge in [0, 0.05) is 25.7 Å². The first-order valence-corrected chi connectivity index (χ1v) is 43.7. The smallest absolute Gasteiger partial charge is 0.462 e. The van der Waals surface area contributed by atoms with Crippen molar-refractivity contribution in [2.45, 2.75) is 420 Å². The van der Waals surface area contributed by atoms with Crippen molar-refractivity contribution in [2.24, 2.45) is 23.7 Å². The zero-order chi connectivity index (χ0) is 72.4. The minimum atomic E-state index is -4.96. The molecule has 0 fully saturated rings. The Bertz CT molecular complexity index is 1920. The molecule has 0 aliphatic heterocycles. The number of rotatable bonds is 76. The number of phosphoric acid groups is 2. The number of carbonyl (C=O) groups excluding carboxylic acids is 4. The van der Waals surface area contributed by atoms with Crippen LogP contribution in [0.2, 0.25) is 0 Å². The highest BCUT2D eigenvalue weighted by atomic mass is 31.2. The molecule has 0 radical (unpaired) electrons. The Kier molecular flexibility index (Phi) is 66.8. The third-order valence-electron chi connectivity index (χ3n) is 18.7. The third kappa shape index (κ3) is 71.1. The number of phosphoric ester groups is 2. The zero-order valence-electron chi connectivity index (χ0n) is 64.4. The fraction of sp³-hybridized carbons (Fsp3) is 0.949. The highest BCUT2D eigenvalue weighted by Gasteiger charge is 2.30. The van der Waals surface area contributed by atoms with Gasteiger partial charge in [0.25, 0.3) is 0 Å². The summed E-state index contributed by atoms with van der Waals surface area (Å²) in [6.45, 7) is 14.2. The number of hydrogen-bond donors (Lipinski definition) is 3. The summed E-state index contributed by atoms with van der Waals surface area (Å²) in [6, 6.07) is 0. The second-order valence-corrected chi connectivity index (χ2v) is 33.0. The van der Waals surface area contributed by atoms with Crippen LogP contribution in [-0.2, 0) is 65.4 Å². The molecule has 0 saturated heterocycles. The van der Waals surface area contributed by atoms with Gasteiger partial charge < -0.3 is 33.8 Å². The summed E-state index contributed by atoms with van der Waals surface area (Å²) in [5.74, 6) is 0.961. The maximum atomic E-state index is 13.1. The largest absolute Gasteiger partial charge is 0.472 e. The Labute approximate surface area is 600 Å². The molecule has 98 heavy (non-hydrogen) atoms. The minimum absolute atomic E-state index is 0.106. The number of aliphatic hydroxyl groups is 1. The van der Waals surface area contributed by atoms with E-state index < -0.39 is 97.5 Å². The molecular weight excluding hydrogens is 1280 g/mol. The third-order valence-corrected chi connectivity index (χ3v) is 20.6. The first-order chi connectivity index (χ1) is 47.1. The predicted molar refractivity (Wildman–Crippen MR) is 400 cm³/mol. The Balaban J connectivity index is 5.23. The molecule has 582 valence electrons. The Hall–Kier alpha value is -1.94. The van der Waals surface area contributed by atoms with E-state index in [-0.39, 0.29) is 25.7 Å². The topological polar surface area (TPSA) is 237 Å². The van der Waals surface area contributed by atoms with Crippen LogP contribution in [0.1, 0.15) is 402 Å². The van der Waals surface area contributed by atoms with Gasteiger partial charge in [0.1, 0.15) is 19.3 Å². The lowest BCUT2D eigenvalue weighted by Crippen LogP contribution is -2.30. The van der Waals surface area contributed by atoms with Crippen LogP contribution in [0.3, 0.4) is 0 Å². The summed E-state index contributed by atoms with van der Waals surface area (Å²) < 4.78 is 68.6. The van der Waals surface area contributed by atoms with Crippen LogP contribution >= 0.6 is 15.6 Å². The van der Waals surface area contributed by atoms with E-state index in [0.29, 0.717) is 25.7 Å². The second kappa shape index (κ2) is 68.2. The molecule has 0 saturated carbocycles. The van der Waals surface area contributed by atoms with Gasteiger partial charge in [0.05, 0.1) is 26.4 Å². The number of esters is 4. The molecule has 3 unspecified atom stereocenters. The van der Waals surface area contributed by atoms with Crippen molar-refractivity contribution in [3.8, 4) is 0 Å². The van der Waals surface area contributed by atoms with Gasteiger partial charge in [0.15, 0.2) is 12.2 Å². The van der Waals surface area contributed by atoms with Gasteiger partial charge in [0.2, 0.25) is 0 Å². The Morgan fingerprint density at radius 2 is 0.490 bits per heavy atom. The monoisotopic (exact) mass is 1440 g/mol. The van der Waals surface area contributed by atoms with E-state index in [9.17, 15) is 43.2 Å². The van der Waals surface area contributed by atoms with Gasteiger partial charge in [-0.25, -0.2) is 9.13 Å². The number of aliphatic hydroxyl groups excluding tert-OH is 1. The van der Waals surface area contributed by atoms with Crippen LogP contribution in [0.15, 0.2) is 0 Å². The molecule has 0 amide bonds.